The summed E-state index contributed by atoms with van der Waals surface area (Å²) in [4.78, 5) is 12.0. The molecule has 0 spiro atoms. The topological polar surface area (TPSA) is 72.5 Å². The number of nitrogens with one attached hydrogen (secondary N) is 1. The third kappa shape index (κ3) is 3.71. The summed E-state index contributed by atoms with van der Waals surface area (Å²) in [5.41, 5.74) is 0.0168. The molecule has 0 unspecified atom stereocenters. The fourth-order valence-electron chi connectivity index (χ4n) is 1.66. The van der Waals surface area contributed by atoms with Crippen molar-refractivity contribution in [2.75, 3.05) is 7.11 Å². The molecule has 0 bridgehead atoms. The van der Waals surface area contributed by atoms with Crippen LogP contribution in [0.3, 0.4) is 0 Å². The van der Waals surface area contributed by atoms with Crippen molar-refractivity contribution in [3.8, 4) is 5.75 Å². The quantitative estimate of drug-likeness (QED) is 0.909. The number of benzene rings is 2. The van der Waals surface area contributed by atoms with E-state index < -0.39 is 15.9 Å². The van der Waals surface area contributed by atoms with E-state index in [1.54, 1.807) is 0 Å². The summed E-state index contributed by atoms with van der Waals surface area (Å²) in [6.07, 6.45) is 0. The first kappa shape index (κ1) is 16.6. The standard InChI is InChI=1S/C14H11Cl2NO4S/c1-21-10-3-5-11(6-4-10)22(19,20)17-14(18)12-7-2-9(15)8-13(12)16/h2-8H,1H3,(H,17,18). The summed E-state index contributed by atoms with van der Waals surface area (Å²) in [5, 5.41) is 0.412. The Morgan fingerprint density at radius 3 is 2.27 bits per heavy atom. The number of rotatable bonds is 4. The largest absolute Gasteiger partial charge is 0.497 e. The van der Waals surface area contributed by atoms with Crippen LogP contribution in [0.1, 0.15) is 10.4 Å². The van der Waals surface area contributed by atoms with E-state index in [1.165, 1.54) is 49.6 Å². The van der Waals surface area contributed by atoms with Crippen molar-refractivity contribution in [3.63, 3.8) is 0 Å². The molecule has 2 aromatic carbocycles. The molecule has 0 atom stereocenters. The second-order valence-electron chi connectivity index (χ2n) is 4.23. The highest BCUT2D eigenvalue weighted by atomic mass is 35.5. The van der Waals surface area contributed by atoms with Crippen molar-refractivity contribution >= 4 is 39.1 Å². The Morgan fingerprint density at radius 1 is 1.09 bits per heavy atom. The number of carbonyl (C=O) groups is 1. The maximum absolute atomic E-state index is 12.2. The van der Waals surface area contributed by atoms with Crippen molar-refractivity contribution in [2.45, 2.75) is 4.90 Å². The van der Waals surface area contributed by atoms with Crippen LogP contribution in [0.4, 0.5) is 0 Å². The lowest BCUT2D eigenvalue weighted by Gasteiger charge is -2.09. The molecule has 1 N–H and O–H groups in total. The first-order valence-electron chi connectivity index (χ1n) is 6.00. The van der Waals surface area contributed by atoms with Crippen LogP contribution in [0.15, 0.2) is 47.4 Å². The second-order valence-corrected chi connectivity index (χ2v) is 6.76. The predicted molar refractivity (Wildman–Crippen MR) is 84.1 cm³/mol. The summed E-state index contributed by atoms with van der Waals surface area (Å²) < 4.78 is 31.2. The van der Waals surface area contributed by atoms with Gasteiger partial charge < -0.3 is 4.74 Å². The minimum Gasteiger partial charge on any atom is -0.497 e. The zero-order chi connectivity index (χ0) is 16.3. The van der Waals surface area contributed by atoms with E-state index in [1.807, 2.05) is 4.72 Å². The van der Waals surface area contributed by atoms with Crippen molar-refractivity contribution in [3.05, 3.63) is 58.1 Å². The van der Waals surface area contributed by atoms with Gasteiger partial charge in [0.2, 0.25) is 0 Å². The molecule has 22 heavy (non-hydrogen) atoms. The van der Waals surface area contributed by atoms with Gasteiger partial charge in [-0.25, -0.2) is 13.1 Å². The average Bonchev–Trinajstić information content (AvgIpc) is 2.46. The van der Waals surface area contributed by atoms with Crippen LogP contribution in [0.5, 0.6) is 5.75 Å². The minimum atomic E-state index is -4.01. The normalized spacial score (nSPS) is 11.0. The lowest BCUT2D eigenvalue weighted by atomic mass is 10.2. The molecule has 0 saturated heterocycles. The Morgan fingerprint density at radius 2 is 1.73 bits per heavy atom. The fraction of sp³-hybridized carbons (Fsp3) is 0.0714. The smallest absolute Gasteiger partial charge is 0.266 e. The Bertz CT molecular complexity index is 804. The Kier molecular flexibility index (Phi) is 4.95. The first-order chi connectivity index (χ1) is 10.3. The summed E-state index contributed by atoms with van der Waals surface area (Å²) >= 11 is 11.6. The third-order valence-corrected chi connectivity index (χ3v) is 4.67. The van der Waals surface area contributed by atoms with Gasteiger partial charge in [-0.1, -0.05) is 23.2 Å². The Labute approximate surface area is 137 Å². The number of methoxy groups -OCH3 is 1. The van der Waals surface area contributed by atoms with Gasteiger partial charge in [0.1, 0.15) is 5.75 Å². The maximum atomic E-state index is 12.2. The molecule has 0 heterocycles. The van der Waals surface area contributed by atoms with E-state index in [4.69, 9.17) is 27.9 Å². The van der Waals surface area contributed by atoms with Gasteiger partial charge in [0.05, 0.1) is 22.6 Å². The van der Waals surface area contributed by atoms with E-state index in [0.717, 1.165) is 0 Å². The molecule has 0 aliphatic heterocycles. The Hall–Kier alpha value is -1.76. The number of hydrogen-bond donors (Lipinski definition) is 1. The zero-order valence-corrected chi connectivity index (χ0v) is 13.7. The fourth-order valence-corrected chi connectivity index (χ4v) is 3.13. The minimum absolute atomic E-state index is 0.0168. The number of ether oxygens (including phenoxy) is 1. The van der Waals surface area contributed by atoms with Crippen molar-refractivity contribution in [1.82, 2.24) is 4.72 Å². The second kappa shape index (κ2) is 6.56. The lowest BCUT2D eigenvalue weighted by molar-refractivity contribution is 0.0981. The van der Waals surface area contributed by atoms with Crippen LogP contribution in [-0.2, 0) is 10.0 Å². The van der Waals surface area contributed by atoms with Crippen LogP contribution >= 0.6 is 23.2 Å². The molecule has 1 amide bonds. The molecular weight excluding hydrogens is 349 g/mol. The number of carbonyl (C=O) groups excluding carboxylic acids is 1. The van der Waals surface area contributed by atoms with Crippen LogP contribution in [0.2, 0.25) is 10.0 Å². The van der Waals surface area contributed by atoms with Gasteiger partial charge in [-0.15, -0.1) is 0 Å². The van der Waals surface area contributed by atoms with Gasteiger partial charge in [-0.2, -0.15) is 0 Å². The third-order valence-electron chi connectivity index (χ3n) is 2.77. The monoisotopic (exact) mass is 359 g/mol. The molecule has 0 radical (unpaired) electrons. The van der Waals surface area contributed by atoms with Gasteiger partial charge in [0, 0.05) is 5.02 Å². The number of amides is 1. The molecule has 2 rings (SSSR count). The average molecular weight is 360 g/mol. The molecule has 0 aromatic heterocycles. The van der Waals surface area contributed by atoms with E-state index in [0.29, 0.717) is 10.8 Å². The van der Waals surface area contributed by atoms with Crippen LogP contribution < -0.4 is 9.46 Å². The molecule has 0 aliphatic carbocycles. The molecule has 0 aliphatic rings. The summed E-state index contributed by atoms with van der Waals surface area (Å²) in [7, 11) is -2.54. The molecule has 2 aromatic rings. The van der Waals surface area contributed by atoms with Gasteiger partial charge >= 0.3 is 0 Å². The van der Waals surface area contributed by atoms with Gasteiger partial charge in [-0.3, -0.25) is 4.79 Å². The highest BCUT2D eigenvalue weighted by molar-refractivity contribution is 7.90. The summed E-state index contributed by atoms with van der Waals surface area (Å²) in [6, 6.07) is 9.78. The first-order valence-corrected chi connectivity index (χ1v) is 8.23. The molecule has 116 valence electrons. The predicted octanol–water partition coefficient (Wildman–Crippen LogP) is 3.12. The molecular formula is C14H11Cl2NO4S. The van der Waals surface area contributed by atoms with E-state index in [9.17, 15) is 13.2 Å². The van der Waals surface area contributed by atoms with E-state index >= 15 is 0 Å². The number of halogens is 2. The van der Waals surface area contributed by atoms with E-state index in [-0.39, 0.29) is 15.5 Å². The SMILES string of the molecule is COc1ccc(S(=O)(=O)NC(=O)c2ccc(Cl)cc2Cl)cc1. The van der Waals surface area contributed by atoms with Crippen LogP contribution in [0, 0.1) is 0 Å². The highest BCUT2D eigenvalue weighted by Crippen LogP contribution is 2.22. The highest BCUT2D eigenvalue weighted by Gasteiger charge is 2.20. The Balaban J connectivity index is 2.25. The van der Waals surface area contributed by atoms with Crippen LogP contribution in [0.25, 0.3) is 0 Å². The molecule has 5 nitrogen and oxygen atoms in total. The number of sulfonamides is 1. The zero-order valence-electron chi connectivity index (χ0n) is 11.3. The van der Waals surface area contributed by atoms with Gasteiger partial charge in [0.25, 0.3) is 15.9 Å². The lowest BCUT2D eigenvalue weighted by Crippen LogP contribution is -2.30. The van der Waals surface area contributed by atoms with Crippen molar-refractivity contribution < 1.29 is 17.9 Å². The summed E-state index contributed by atoms with van der Waals surface area (Å²) in [5.74, 6) is -0.330. The van der Waals surface area contributed by atoms with Gasteiger partial charge in [-0.05, 0) is 42.5 Å². The van der Waals surface area contributed by atoms with E-state index in [2.05, 4.69) is 0 Å². The van der Waals surface area contributed by atoms with Crippen molar-refractivity contribution in [2.24, 2.45) is 0 Å². The van der Waals surface area contributed by atoms with Gasteiger partial charge in [0.15, 0.2) is 0 Å². The van der Waals surface area contributed by atoms with Crippen LogP contribution in [-0.4, -0.2) is 21.4 Å². The molecule has 0 saturated carbocycles. The number of hydrogen-bond acceptors (Lipinski definition) is 4. The maximum Gasteiger partial charge on any atom is 0.266 e. The summed E-state index contributed by atoms with van der Waals surface area (Å²) in [6.45, 7) is 0. The molecule has 0 fully saturated rings. The molecule has 8 heteroatoms. The van der Waals surface area contributed by atoms with Crippen molar-refractivity contribution in [1.29, 1.82) is 0 Å².